The Bertz CT molecular complexity index is 70.5. The predicted octanol–water partition coefficient (Wildman–Crippen LogP) is 1.08. The maximum absolute atomic E-state index is 5.42. The van der Waals surface area contributed by atoms with Gasteiger partial charge in [-0.1, -0.05) is 20.4 Å². The third-order valence-corrected chi connectivity index (χ3v) is 2.19. The molecule has 0 N–H and O–H groups in total. The van der Waals surface area contributed by atoms with Crippen LogP contribution in [0.25, 0.3) is 0 Å². The van der Waals surface area contributed by atoms with Crippen molar-refractivity contribution >= 4 is 9.52 Å². The molecule has 67 valence electrons. The van der Waals surface area contributed by atoms with Crippen molar-refractivity contribution in [1.82, 2.24) is 0 Å². The van der Waals surface area contributed by atoms with Gasteiger partial charge in [0.05, 0.1) is 9.52 Å². The Morgan fingerprint density at radius 1 is 1.18 bits per heavy atom. The smallest absolute Gasteiger partial charge is 0.134 e. The first-order chi connectivity index (χ1) is 5.35. The van der Waals surface area contributed by atoms with Crippen LogP contribution < -0.4 is 0 Å². The first-order valence-corrected chi connectivity index (χ1v) is 6.19. The molecule has 0 aromatic heterocycles. The van der Waals surface area contributed by atoms with E-state index in [-0.39, 0.29) is 5.91 Å². The molecule has 0 bridgehead atoms. The van der Waals surface area contributed by atoms with Crippen molar-refractivity contribution in [1.29, 1.82) is 0 Å². The lowest BCUT2D eigenvalue weighted by atomic mass is 10.5. The maximum Gasteiger partial charge on any atom is 0.134 e. The normalized spacial score (nSPS) is 12.0. The van der Waals surface area contributed by atoms with Crippen molar-refractivity contribution in [2.24, 2.45) is 0 Å². The van der Waals surface area contributed by atoms with Gasteiger partial charge in [-0.15, -0.1) is 0 Å². The van der Waals surface area contributed by atoms with Gasteiger partial charge in [0, 0.05) is 13.2 Å². The van der Waals surface area contributed by atoms with Gasteiger partial charge < -0.3 is 9.47 Å². The van der Waals surface area contributed by atoms with Gasteiger partial charge in [0.25, 0.3) is 0 Å². The second-order valence-electron chi connectivity index (χ2n) is 2.46. The van der Waals surface area contributed by atoms with Gasteiger partial charge in [0.2, 0.25) is 0 Å². The van der Waals surface area contributed by atoms with E-state index in [1.165, 1.54) is 0 Å². The van der Waals surface area contributed by atoms with E-state index in [1.807, 2.05) is 0 Å². The highest BCUT2D eigenvalue weighted by Gasteiger charge is 2.04. The van der Waals surface area contributed by atoms with Gasteiger partial charge in [-0.25, -0.2) is 0 Å². The van der Waals surface area contributed by atoms with Crippen LogP contribution in [0.3, 0.4) is 0 Å². The first kappa shape index (κ1) is 11.1. The van der Waals surface area contributed by atoms with Crippen molar-refractivity contribution in [3.8, 4) is 0 Å². The number of rotatable bonds is 7. The Morgan fingerprint density at radius 3 is 1.91 bits per heavy atom. The van der Waals surface area contributed by atoms with Crippen LogP contribution in [-0.4, -0.2) is 28.6 Å². The van der Waals surface area contributed by atoms with Crippen LogP contribution in [-0.2, 0) is 9.47 Å². The highest BCUT2D eigenvalue weighted by atomic mass is 28.2. The van der Waals surface area contributed by atoms with Crippen molar-refractivity contribution in [3.05, 3.63) is 6.55 Å². The monoisotopic (exact) mass is 175 g/mol. The average Bonchev–Trinajstić information content (AvgIpc) is 2.05. The molecule has 0 unspecified atom stereocenters. The summed E-state index contributed by atoms with van der Waals surface area (Å²) in [5, 5.41) is 0. The van der Waals surface area contributed by atoms with E-state index in [9.17, 15) is 0 Å². The molecular formula is C8H19O2Si. The molecule has 1 radical (unpaired) electrons. The SMILES string of the molecule is [CH2][SiH2]C(OCCC)OCCC. The molecule has 0 fully saturated rings. The van der Waals surface area contributed by atoms with Gasteiger partial charge in [-0.2, -0.15) is 0 Å². The Labute approximate surface area is 72.1 Å². The molecule has 0 saturated carbocycles. The zero-order valence-electron chi connectivity index (χ0n) is 7.64. The lowest BCUT2D eigenvalue weighted by molar-refractivity contribution is -0.0896. The van der Waals surface area contributed by atoms with Gasteiger partial charge >= 0.3 is 0 Å². The molecule has 0 atom stereocenters. The van der Waals surface area contributed by atoms with Crippen LogP contribution in [0.4, 0.5) is 0 Å². The number of hydrogen-bond acceptors (Lipinski definition) is 2. The topological polar surface area (TPSA) is 18.5 Å². The zero-order chi connectivity index (χ0) is 8.53. The van der Waals surface area contributed by atoms with Crippen molar-refractivity contribution in [3.63, 3.8) is 0 Å². The fraction of sp³-hybridized carbons (Fsp3) is 0.875. The summed E-state index contributed by atoms with van der Waals surface area (Å²) in [6, 6.07) is 0. The van der Waals surface area contributed by atoms with E-state index in [2.05, 4.69) is 20.4 Å². The average molecular weight is 175 g/mol. The van der Waals surface area contributed by atoms with Gasteiger partial charge in [0.15, 0.2) is 0 Å². The van der Waals surface area contributed by atoms with Crippen molar-refractivity contribution in [2.75, 3.05) is 13.2 Å². The van der Waals surface area contributed by atoms with E-state index in [1.54, 1.807) is 0 Å². The van der Waals surface area contributed by atoms with E-state index in [0.29, 0.717) is 0 Å². The van der Waals surface area contributed by atoms with Crippen LogP contribution >= 0.6 is 0 Å². The van der Waals surface area contributed by atoms with Crippen LogP contribution in [0, 0.1) is 6.55 Å². The summed E-state index contributed by atoms with van der Waals surface area (Å²) in [5.41, 5.74) is 0. The molecule has 11 heavy (non-hydrogen) atoms. The molecule has 0 heterocycles. The molecule has 0 aliphatic heterocycles. The second-order valence-corrected chi connectivity index (χ2v) is 3.70. The summed E-state index contributed by atoms with van der Waals surface area (Å²) in [7, 11) is -0.407. The molecule has 0 aromatic carbocycles. The molecule has 2 nitrogen and oxygen atoms in total. The summed E-state index contributed by atoms with van der Waals surface area (Å²) in [6.07, 6.45) is 2.11. The van der Waals surface area contributed by atoms with E-state index in [0.717, 1.165) is 26.1 Å². The molecule has 0 aliphatic carbocycles. The third kappa shape index (κ3) is 6.53. The fourth-order valence-electron chi connectivity index (χ4n) is 0.713. The minimum absolute atomic E-state index is 0.0508. The summed E-state index contributed by atoms with van der Waals surface area (Å²) in [5.74, 6) is 0.0508. The zero-order valence-corrected chi connectivity index (χ0v) is 9.05. The number of ether oxygens (including phenoxy) is 2. The third-order valence-electron chi connectivity index (χ3n) is 1.25. The quantitative estimate of drug-likeness (QED) is 0.426. The molecule has 0 aromatic rings. The standard InChI is InChI=1S/C8H19O2Si/c1-4-6-9-8(11-3)10-7-5-2/h8H,3-7,11H2,1-2H3. The maximum atomic E-state index is 5.42. The summed E-state index contributed by atoms with van der Waals surface area (Å²) in [6.45, 7) is 9.68. The lowest BCUT2D eigenvalue weighted by Gasteiger charge is -2.15. The fourth-order valence-corrected chi connectivity index (χ4v) is 1.38. The molecular weight excluding hydrogens is 156 g/mol. The molecule has 0 saturated heterocycles. The molecule has 0 amide bonds. The Hall–Kier alpha value is 0.137. The largest absolute Gasteiger partial charge is 0.357 e. The lowest BCUT2D eigenvalue weighted by Crippen LogP contribution is -2.23. The van der Waals surface area contributed by atoms with Crippen LogP contribution in [0.1, 0.15) is 26.7 Å². The van der Waals surface area contributed by atoms with E-state index >= 15 is 0 Å². The second kappa shape index (κ2) is 8.24. The Kier molecular flexibility index (Phi) is 8.34. The van der Waals surface area contributed by atoms with Crippen molar-refractivity contribution < 1.29 is 9.47 Å². The van der Waals surface area contributed by atoms with Gasteiger partial charge in [-0.05, 0) is 12.8 Å². The Balaban J connectivity index is 3.25. The Morgan fingerprint density at radius 2 is 1.64 bits per heavy atom. The van der Waals surface area contributed by atoms with Gasteiger partial charge in [0.1, 0.15) is 5.91 Å². The molecule has 0 rings (SSSR count). The summed E-state index contributed by atoms with van der Waals surface area (Å²) < 4.78 is 10.8. The summed E-state index contributed by atoms with van der Waals surface area (Å²) >= 11 is 0. The first-order valence-electron chi connectivity index (χ1n) is 4.37. The predicted molar refractivity (Wildman–Crippen MR) is 50.2 cm³/mol. The number of hydrogen-bond donors (Lipinski definition) is 0. The minimum Gasteiger partial charge on any atom is -0.357 e. The highest BCUT2D eigenvalue weighted by molar-refractivity contribution is 6.38. The highest BCUT2D eigenvalue weighted by Crippen LogP contribution is 1.95. The van der Waals surface area contributed by atoms with Crippen molar-refractivity contribution in [2.45, 2.75) is 32.6 Å². The molecule has 0 spiro atoms. The van der Waals surface area contributed by atoms with Crippen LogP contribution in [0.5, 0.6) is 0 Å². The van der Waals surface area contributed by atoms with E-state index < -0.39 is 9.52 Å². The molecule has 3 heteroatoms. The molecule has 0 aliphatic rings. The van der Waals surface area contributed by atoms with Crippen LogP contribution in [0.2, 0.25) is 0 Å². The summed E-state index contributed by atoms with van der Waals surface area (Å²) in [4.78, 5) is 0. The van der Waals surface area contributed by atoms with Crippen LogP contribution in [0.15, 0.2) is 0 Å². The minimum atomic E-state index is -0.407. The van der Waals surface area contributed by atoms with E-state index in [4.69, 9.17) is 9.47 Å². The van der Waals surface area contributed by atoms with Gasteiger partial charge in [-0.3, -0.25) is 0 Å².